The van der Waals surface area contributed by atoms with Gasteiger partial charge in [-0.25, -0.2) is 15.0 Å². The second-order valence-corrected chi connectivity index (χ2v) is 6.60. The Morgan fingerprint density at radius 1 is 1.28 bits per heavy atom. The molecule has 0 saturated heterocycles. The van der Waals surface area contributed by atoms with E-state index >= 15 is 0 Å². The first-order chi connectivity index (χ1) is 12.1. The van der Waals surface area contributed by atoms with Crippen LogP contribution in [0.1, 0.15) is 25.3 Å². The van der Waals surface area contributed by atoms with Gasteiger partial charge in [0.05, 0.1) is 15.1 Å². The summed E-state index contributed by atoms with van der Waals surface area (Å²) in [6.45, 7) is 4.68. The molecule has 0 aliphatic carbocycles. The summed E-state index contributed by atoms with van der Waals surface area (Å²) in [4.78, 5) is 23.5. The zero-order valence-electron chi connectivity index (χ0n) is 13.9. The smallest absolute Gasteiger partial charge is 0.353 e. The zero-order chi connectivity index (χ0) is 17.8. The van der Waals surface area contributed by atoms with Gasteiger partial charge in [0.15, 0.2) is 5.13 Å². The van der Waals surface area contributed by atoms with Crippen LogP contribution in [0.5, 0.6) is 0 Å². The molecule has 0 spiro atoms. The first-order valence-corrected chi connectivity index (χ1v) is 8.77. The Morgan fingerprint density at radius 2 is 2.08 bits per heavy atom. The largest absolute Gasteiger partial charge is 0.364 e. The molecular formula is C16H18N6O2S. The predicted octanol–water partition coefficient (Wildman–Crippen LogP) is 4.26. The Balaban J connectivity index is 1.92. The highest BCUT2D eigenvalue weighted by molar-refractivity contribution is 7.22. The SMILES string of the molecule is CCCCNc1ncnc(Nc2nc3ccc(C)cc3s2)c1[N+](=O)[O-]. The molecule has 0 radical (unpaired) electrons. The fraction of sp³-hybridized carbons (Fsp3) is 0.312. The molecule has 0 unspecified atom stereocenters. The predicted molar refractivity (Wildman–Crippen MR) is 99.7 cm³/mol. The van der Waals surface area contributed by atoms with Gasteiger partial charge in [-0.3, -0.25) is 10.1 Å². The Hall–Kier alpha value is -2.81. The number of benzene rings is 1. The minimum atomic E-state index is -0.478. The molecule has 0 bridgehead atoms. The summed E-state index contributed by atoms with van der Waals surface area (Å²) in [5.41, 5.74) is 1.81. The van der Waals surface area contributed by atoms with Gasteiger partial charge in [-0.1, -0.05) is 30.7 Å². The summed E-state index contributed by atoms with van der Waals surface area (Å²) in [7, 11) is 0. The van der Waals surface area contributed by atoms with Crippen molar-refractivity contribution in [1.29, 1.82) is 0 Å². The third-order valence-electron chi connectivity index (χ3n) is 3.60. The summed E-state index contributed by atoms with van der Waals surface area (Å²) in [5.74, 6) is 0.350. The van der Waals surface area contributed by atoms with Crippen molar-refractivity contribution in [2.24, 2.45) is 0 Å². The summed E-state index contributed by atoms with van der Waals surface area (Å²) in [6.07, 6.45) is 3.20. The maximum atomic E-state index is 11.5. The van der Waals surface area contributed by atoms with E-state index in [9.17, 15) is 10.1 Å². The minimum absolute atomic E-state index is 0.134. The number of rotatable bonds is 7. The molecule has 9 heteroatoms. The van der Waals surface area contributed by atoms with Crippen LogP contribution in [0.2, 0.25) is 0 Å². The molecular weight excluding hydrogens is 340 g/mol. The summed E-state index contributed by atoms with van der Waals surface area (Å²) < 4.78 is 1.01. The van der Waals surface area contributed by atoms with Crippen molar-refractivity contribution in [3.8, 4) is 0 Å². The highest BCUT2D eigenvalue weighted by atomic mass is 32.1. The number of fused-ring (bicyclic) bond motifs is 1. The molecule has 2 aromatic heterocycles. The maximum absolute atomic E-state index is 11.5. The van der Waals surface area contributed by atoms with Crippen LogP contribution in [-0.4, -0.2) is 26.4 Å². The molecule has 2 N–H and O–H groups in total. The van der Waals surface area contributed by atoms with Crippen LogP contribution >= 0.6 is 11.3 Å². The quantitative estimate of drug-likeness (QED) is 0.369. The molecule has 0 aliphatic heterocycles. The van der Waals surface area contributed by atoms with Gasteiger partial charge in [-0.2, -0.15) is 0 Å². The van der Waals surface area contributed by atoms with Crippen molar-refractivity contribution < 1.29 is 4.92 Å². The standard InChI is InChI=1S/C16H18N6O2S/c1-3-4-7-17-14-13(22(23)24)15(19-9-18-14)21-16-20-11-6-5-10(2)8-12(11)25-16/h5-6,8-9H,3-4,7H2,1-2H3,(H2,17,18,19,20,21). The number of nitrogens with zero attached hydrogens (tertiary/aromatic N) is 4. The molecule has 0 atom stereocenters. The summed E-state index contributed by atoms with van der Waals surface area (Å²) >= 11 is 1.43. The number of thiazole rings is 1. The molecule has 0 amide bonds. The fourth-order valence-corrected chi connectivity index (χ4v) is 3.31. The number of hydrogen-bond donors (Lipinski definition) is 2. The summed E-state index contributed by atoms with van der Waals surface area (Å²) in [5, 5.41) is 18.0. The second kappa shape index (κ2) is 7.39. The average Bonchev–Trinajstić information content (AvgIpc) is 2.96. The van der Waals surface area contributed by atoms with Crippen LogP contribution in [0.25, 0.3) is 10.2 Å². The minimum Gasteiger partial charge on any atom is -0.364 e. The first kappa shape index (κ1) is 17.0. The number of aryl methyl sites for hydroxylation is 1. The van der Waals surface area contributed by atoms with Crippen LogP contribution in [0.15, 0.2) is 24.5 Å². The third kappa shape index (κ3) is 3.82. The molecule has 3 aromatic rings. The first-order valence-electron chi connectivity index (χ1n) is 7.96. The highest BCUT2D eigenvalue weighted by Crippen LogP contribution is 2.34. The number of nitrogens with one attached hydrogen (secondary N) is 2. The number of anilines is 3. The second-order valence-electron chi connectivity index (χ2n) is 5.57. The third-order valence-corrected chi connectivity index (χ3v) is 4.53. The lowest BCUT2D eigenvalue weighted by Crippen LogP contribution is -2.09. The molecule has 1 aromatic carbocycles. The Kier molecular flexibility index (Phi) is 5.03. The molecule has 0 fully saturated rings. The van der Waals surface area contributed by atoms with Crippen LogP contribution < -0.4 is 10.6 Å². The van der Waals surface area contributed by atoms with Crippen molar-refractivity contribution >= 4 is 44.0 Å². The van der Waals surface area contributed by atoms with Crippen LogP contribution in [0.3, 0.4) is 0 Å². The number of aromatic nitrogens is 3. The van der Waals surface area contributed by atoms with E-state index in [1.807, 2.05) is 25.1 Å². The van der Waals surface area contributed by atoms with Gasteiger partial charge in [0, 0.05) is 6.54 Å². The van der Waals surface area contributed by atoms with Crippen molar-refractivity contribution in [1.82, 2.24) is 15.0 Å². The number of nitro groups is 1. The van der Waals surface area contributed by atoms with E-state index in [1.54, 1.807) is 0 Å². The monoisotopic (exact) mass is 358 g/mol. The Morgan fingerprint density at radius 3 is 2.84 bits per heavy atom. The van der Waals surface area contributed by atoms with Gasteiger partial charge in [0.25, 0.3) is 0 Å². The molecule has 0 aliphatic rings. The molecule has 3 rings (SSSR count). The van der Waals surface area contributed by atoms with Gasteiger partial charge in [-0.05, 0) is 31.0 Å². The van der Waals surface area contributed by atoms with Crippen LogP contribution in [-0.2, 0) is 0 Å². The zero-order valence-corrected chi connectivity index (χ0v) is 14.8. The topological polar surface area (TPSA) is 106 Å². The molecule has 2 heterocycles. The summed E-state index contributed by atoms with van der Waals surface area (Å²) in [6, 6.07) is 5.94. The van der Waals surface area contributed by atoms with Gasteiger partial charge in [0.2, 0.25) is 11.6 Å². The Labute approximate surface area is 148 Å². The van der Waals surface area contributed by atoms with Crippen molar-refractivity contribution in [2.45, 2.75) is 26.7 Å². The van der Waals surface area contributed by atoms with Gasteiger partial charge < -0.3 is 10.6 Å². The van der Waals surface area contributed by atoms with E-state index in [-0.39, 0.29) is 17.3 Å². The van der Waals surface area contributed by atoms with E-state index in [4.69, 9.17) is 0 Å². The lowest BCUT2D eigenvalue weighted by Gasteiger charge is -2.08. The lowest BCUT2D eigenvalue weighted by atomic mass is 10.2. The fourth-order valence-electron chi connectivity index (χ4n) is 2.34. The molecule has 0 saturated carbocycles. The normalized spacial score (nSPS) is 10.8. The van der Waals surface area contributed by atoms with Crippen molar-refractivity contribution in [3.63, 3.8) is 0 Å². The van der Waals surface area contributed by atoms with E-state index < -0.39 is 4.92 Å². The van der Waals surface area contributed by atoms with Crippen molar-refractivity contribution in [2.75, 3.05) is 17.2 Å². The number of unbranched alkanes of at least 4 members (excludes halogenated alkanes) is 1. The van der Waals surface area contributed by atoms with Crippen LogP contribution in [0, 0.1) is 17.0 Å². The lowest BCUT2D eigenvalue weighted by molar-refractivity contribution is -0.383. The molecule has 25 heavy (non-hydrogen) atoms. The van der Waals surface area contributed by atoms with E-state index in [0.29, 0.717) is 11.7 Å². The Bertz CT molecular complexity index is 911. The van der Waals surface area contributed by atoms with E-state index in [1.165, 1.54) is 17.7 Å². The maximum Gasteiger partial charge on any atom is 0.353 e. The highest BCUT2D eigenvalue weighted by Gasteiger charge is 2.23. The van der Waals surface area contributed by atoms with Crippen molar-refractivity contribution in [3.05, 3.63) is 40.2 Å². The van der Waals surface area contributed by atoms with Crippen LogP contribution in [0.4, 0.5) is 22.5 Å². The van der Waals surface area contributed by atoms with Gasteiger partial charge in [-0.15, -0.1) is 0 Å². The van der Waals surface area contributed by atoms with E-state index in [2.05, 4.69) is 32.5 Å². The van der Waals surface area contributed by atoms with Gasteiger partial charge >= 0.3 is 5.69 Å². The number of hydrogen-bond acceptors (Lipinski definition) is 8. The van der Waals surface area contributed by atoms with E-state index in [0.717, 1.165) is 28.6 Å². The molecule has 8 nitrogen and oxygen atoms in total. The molecule has 130 valence electrons. The van der Waals surface area contributed by atoms with Gasteiger partial charge in [0.1, 0.15) is 6.33 Å². The average molecular weight is 358 g/mol.